The standard InChI is InChI=1S/C8H8Cl2N2O2/c1-14-8(13)7-5(9)2-4(12-11)3-6(7)10/h2-3,12H,11H2,1H3. The number of methoxy groups -OCH3 is 1. The summed E-state index contributed by atoms with van der Waals surface area (Å²) in [4.78, 5) is 11.2. The van der Waals surface area contributed by atoms with Crippen LogP contribution < -0.4 is 11.3 Å². The Morgan fingerprint density at radius 3 is 2.29 bits per heavy atom. The maximum absolute atomic E-state index is 11.2. The summed E-state index contributed by atoms with van der Waals surface area (Å²) in [6, 6.07) is 2.97. The van der Waals surface area contributed by atoms with Crippen molar-refractivity contribution in [2.75, 3.05) is 12.5 Å². The topological polar surface area (TPSA) is 64.3 Å². The van der Waals surface area contributed by atoms with Gasteiger partial charge in [0.15, 0.2) is 0 Å². The second-order valence-corrected chi connectivity index (χ2v) is 3.27. The summed E-state index contributed by atoms with van der Waals surface area (Å²) in [5, 5.41) is 0.384. The first kappa shape index (κ1) is 11.1. The van der Waals surface area contributed by atoms with Gasteiger partial charge >= 0.3 is 5.97 Å². The highest BCUT2D eigenvalue weighted by Gasteiger charge is 2.16. The number of halogens is 2. The molecule has 0 spiro atoms. The van der Waals surface area contributed by atoms with Gasteiger partial charge in [-0.25, -0.2) is 4.79 Å². The third-order valence-corrected chi connectivity index (χ3v) is 2.19. The van der Waals surface area contributed by atoms with Crippen LogP contribution in [0.2, 0.25) is 10.0 Å². The lowest BCUT2D eigenvalue weighted by Crippen LogP contribution is -2.08. The Hall–Kier alpha value is -0.970. The predicted molar refractivity (Wildman–Crippen MR) is 55.6 cm³/mol. The minimum atomic E-state index is -0.580. The van der Waals surface area contributed by atoms with Gasteiger partial charge in [0.25, 0.3) is 0 Å². The molecule has 0 radical (unpaired) electrons. The number of hydrogen-bond acceptors (Lipinski definition) is 4. The molecule has 0 unspecified atom stereocenters. The summed E-state index contributed by atoms with van der Waals surface area (Å²) in [7, 11) is 1.25. The summed E-state index contributed by atoms with van der Waals surface area (Å²) in [5.74, 6) is 4.58. The normalized spacial score (nSPS) is 9.71. The lowest BCUT2D eigenvalue weighted by Gasteiger charge is -2.07. The molecule has 0 heterocycles. The molecule has 0 aliphatic heterocycles. The van der Waals surface area contributed by atoms with E-state index in [9.17, 15) is 4.79 Å². The molecule has 0 aliphatic carbocycles. The van der Waals surface area contributed by atoms with Crippen LogP contribution in [-0.4, -0.2) is 13.1 Å². The average molecular weight is 235 g/mol. The fourth-order valence-electron chi connectivity index (χ4n) is 0.954. The first-order valence-corrected chi connectivity index (χ1v) is 4.39. The highest BCUT2D eigenvalue weighted by Crippen LogP contribution is 2.29. The maximum atomic E-state index is 11.2. The number of hydrogen-bond donors (Lipinski definition) is 2. The molecule has 0 fully saturated rings. The number of carbonyl (C=O) groups excluding carboxylic acids is 1. The molecule has 76 valence electrons. The van der Waals surface area contributed by atoms with Crippen molar-refractivity contribution in [3.63, 3.8) is 0 Å². The van der Waals surface area contributed by atoms with Crippen molar-refractivity contribution >= 4 is 34.9 Å². The zero-order chi connectivity index (χ0) is 10.7. The summed E-state index contributed by atoms with van der Waals surface area (Å²) in [6.45, 7) is 0. The van der Waals surface area contributed by atoms with Gasteiger partial charge in [-0.1, -0.05) is 23.2 Å². The van der Waals surface area contributed by atoms with Gasteiger partial charge in [0.05, 0.1) is 28.4 Å². The third kappa shape index (κ3) is 2.09. The highest BCUT2D eigenvalue weighted by molar-refractivity contribution is 6.39. The van der Waals surface area contributed by atoms with Crippen molar-refractivity contribution in [2.24, 2.45) is 5.84 Å². The van der Waals surface area contributed by atoms with E-state index in [4.69, 9.17) is 29.0 Å². The van der Waals surface area contributed by atoms with Gasteiger partial charge in [0.2, 0.25) is 0 Å². The molecule has 0 saturated carbocycles. The van der Waals surface area contributed by atoms with Crippen LogP contribution >= 0.6 is 23.2 Å². The Kier molecular flexibility index (Phi) is 3.57. The van der Waals surface area contributed by atoms with Crippen LogP contribution in [-0.2, 0) is 4.74 Å². The molecule has 4 nitrogen and oxygen atoms in total. The average Bonchev–Trinajstić information content (AvgIpc) is 2.16. The van der Waals surface area contributed by atoms with Gasteiger partial charge in [0, 0.05) is 0 Å². The van der Waals surface area contributed by atoms with Gasteiger partial charge in [-0.15, -0.1) is 0 Å². The molecule has 1 aromatic rings. The quantitative estimate of drug-likeness (QED) is 0.467. The Bertz CT molecular complexity index is 345. The lowest BCUT2D eigenvalue weighted by atomic mass is 10.2. The lowest BCUT2D eigenvalue weighted by molar-refractivity contribution is 0.0601. The molecule has 14 heavy (non-hydrogen) atoms. The number of esters is 1. The van der Waals surface area contributed by atoms with Gasteiger partial charge < -0.3 is 10.2 Å². The minimum Gasteiger partial charge on any atom is -0.465 e. The van der Waals surface area contributed by atoms with E-state index in [2.05, 4.69) is 10.2 Å². The van der Waals surface area contributed by atoms with Crippen LogP contribution in [0.5, 0.6) is 0 Å². The van der Waals surface area contributed by atoms with Crippen LogP contribution in [0.4, 0.5) is 5.69 Å². The summed E-state index contributed by atoms with van der Waals surface area (Å²) in [6.07, 6.45) is 0. The van der Waals surface area contributed by atoms with E-state index in [0.717, 1.165) is 0 Å². The fraction of sp³-hybridized carbons (Fsp3) is 0.125. The Morgan fingerprint density at radius 2 is 1.93 bits per heavy atom. The van der Waals surface area contributed by atoms with E-state index in [1.807, 2.05) is 0 Å². The third-order valence-electron chi connectivity index (χ3n) is 1.60. The number of nitrogens with two attached hydrogens (primary N) is 1. The van der Waals surface area contributed by atoms with Crippen molar-refractivity contribution in [3.05, 3.63) is 27.7 Å². The second kappa shape index (κ2) is 4.50. The molecule has 1 rings (SSSR count). The molecule has 0 aromatic heterocycles. The number of benzene rings is 1. The number of nitrogens with one attached hydrogen (secondary N) is 1. The van der Waals surface area contributed by atoms with E-state index in [1.54, 1.807) is 0 Å². The number of ether oxygens (including phenoxy) is 1. The van der Waals surface area contributed by atoms with Gasteiger partial charge in [-0.3, -0.25) is 5.84 Å². The van der Waals surface area contributed by atoms with Crippen LogP contribution in [0.3, 0.4) is 0 Å². The molecule has 0 saturated heterocycles. The Labute approximate surface area is 90.9 Å². The fourth-order valence-corrected chi connectivity index (χ4v) is 1.59. The van der Waals surface area contributed by atoms with Crippen molar-refractivity contribution < 1.29 is 9.53 Å². The second-order valence-electron chi connectivity index (χ2n) is 2.45. The molecule has 0 bridgehead atoms. The molecular weight excluding hydrogens is 227 g/mol. The maximum Gasteiger partial charge on any atom is 0.340 e. The number of carbonyl (C=O) groups is 1. The first-order valence-electron chi connectivity index (χ1n) is 3.64. The van der Waals surface area contributed by atoms with Crippen LogP contribution in [0.25, 0.3) is 0 Å². The molecule has 3 N–H and O–H groups in total. The van der Waals surface area contributed by atoms with Gasteiger partial charge in [-0.2, -0.15) is 0 Å². The molecular formula is C8H8Cl2N2O2. The molecule has 0 aliphatic rings. The molecule has 1 aromatic carbocycles. The molecule has 6 heteroatoms. The van der Waals surface area contributed by atoms with Gasteiger partial charge in [-0.05, 0) is 12.1 Å². The molecule has 0 atom stereocenters. The van der Waals surface area contributed by atoms with Crippen LogP contribution in [0, 0.1) is 0 Å². The van der Waals surface area contributed by atoms with Crippen molar-refractivity contribution in [1.82, 2.24) is 0 Å². The van der Waals surface area contributed by atoms with E-state index >= 15 is 0 Å². The van der Waals surface area contributed by atoms with Crippen molar-refractivity contribution in [3.8, 4) is 0 Å². The predicted octanol–water partition coefficient (Wildman–Crippen LogP) is 2.07. The monoisotopic (exact) mass is 234 g/mol. The Balaban J connectivity index is 3.25. The molecule has 0 amide bonds. The number of nitrogen functional groups attached to an aromatic ring is 1. The zero-order valence-electron chi connectivity index (χ0n) is 7.30. The summed E-state index contributed by atoms with van der Waals surface area (Å²) >= 11 is 11.6. The van der Waals surface area contributed by atoms with Crippen molar-refractivity contribution in [2.45, 2.75) is 0 Å². The smallest absolute Gasteiger partial charge is 0.340 e. The Morgan fingerprint density at radius 1 is 1.43 bits per heavy atom. The highest BCUT2D eigenvalue weighted by atomic mass is 35.5. The summed E-state index contributed by atoms with van der Waals surface area (Å²) in [5.41, 5.74) is 3.03. The zero-order valence-corrected chi connectivity index (χ0v) is 8.82. The van der Waals surface area contributed by atoms with Crippen molar-refractivity contribution in [1.29, 1.82) is 0 Å². The van der Waals surface area contributed by atoms with Crippen LogP contribution in [0.1, 0.15) is 10.4 Å². The number of hydrazine groups is 1. The van der Waals surface area contributed by atoms with Gasteiger partial charge in [0.1, 0.15) is 0 Å². The summed E-state index contributed by atoms with van der Waals surface area (Å²) < 4.78 is 4.51. The first-order chi connectivity index (χ1) is 6.60. The van der Waals surface area contributed by atoms with E-state index in [1.165, 1.54) is 19.2 Å². The largest absolute Gasteiger partial charge is 0.465 e. The van der Waals surface area contributed by atoms with E-state index < -0.39 is 5.97 Å². The van der Waals surface area contributed by atoms with Crippen LogP contribution in [0.15, 0.2) is 12.1 Å². The van der Waals surface area contributed by atoms with E-state index in [-0.39, 0.29) is 15.6 Å². The SMILES string of the molecule is COC(=O)c1c(Cl)cc(NN)cc1Cl. The number of rotatable bonds is 2. The van der Waals surface area contributed by atoms with E-state index in [0.29, 0.717) is 5.69 Å². The minimum absolute atomic E-state index is 0.134. The number of anilines is 1.